The molecule has 1 nitrogen and oxygen atoms in total. The third-order valence-corrected chi connectivity index (χ3v) is 8.25. The highest BCUT2D eigenvalue weighted by molar-refractivity contribution is 5.26. The average molecular weight is 420 g/mol. The summed E-state index contributed by atoms with van der Waals surface area (Å²) in [5.41, 5.74) is 3.12. The molecule has 0 bridgehead atoms. The Morgan fingerprint density at radius 2 is 1.39 bits per heavy atom. The first-order chi connectivity index (χ1) is 15.3. The van der Waals surface area contributed by atoms with Crippen molar-refractivity contribution >= 4 is 0 Å². The van der Waals surface area contributed by atoms with Crippen molar-refractivity contribution in [3.63, 3.8) is 0 Å². The van der Waals surface area contributed by atoms with Gasteiger partial charge in [-0.15, -0.1) is 0 Å². The lowest BCUT2D eigenvalue weighted by Gasteiger charge is -2.32. The molecular weight excluding hydrogens is 374 g/mol. The van der Waals surface area contributed by atoms with Crippen molar-refractivity contribution in [2.75, 3.05) is 0 Å². The zero-order chi connectivity index (χ0) is 21.7. The Kier molecular flexibility index (Phi) is 10.7. The van der Waals surface area contributed by atoms with Crippen molar-refractivity contribution in [1.29, 1.82) is 5.26 Å². The Morgan fingerprint density at radius 1 is 0.806 bits per heavy atom. The lowest BCUT2D eigenvalue weighted by molar-refractivity contribution is 0.225. The van der Waals surface area contributed by atoms with Crippen LogP contribution in [-0.4, -0.2) is 0 Å². The maximum atomic E-state index is 8.58. The minimum absolute atomic E-state index is 0.812. The van der Waals surface area contributed by atoms with E-state index in [1.54, 1.807) is 11.6 Å². The van der Waals surface area contributed by atoms with Gasteiger partial charge in [-0.2, -0.15) is 5.26 Å². The van der Waals surface area contributed by atoms with Gasteiger partial charge in [0.1, 0.15) is 0 Å². The van der Waals surface area contributed by atoms with Crippen LogP contribution in [-0.2, 0) is 6.42 Å². The molecule has 0 radical (unpaired) electrons. The van der Waals surface area contributed by atoms with Gasteiger partial charge in [0, 0.05) is 6.08 Å². The molecule has 2 fully saturated rings. The van der Waals surface area contributed by atoms with Crippen molar-refractivity contribution in [3.8, 4) is 6.07 Å². The first kappa shape index (κ1) is 24.1. The van der Waals surface area contributed by atoms with Crippen molar-refractivity contribution < 1.29 is 0 Å². The van der Waals surface area contributed by atoms with Gasteiger partial charge in [-0.3, -0.25) is 0 Å². The Hall–Kier alpha value is -1.55. The van der Waals surface area contributed by atoms with Gasteiger partial charge in [0.15, 0.2) is 0 Å². The van der Waals surface area contributed by atoms with Gasteiger partial charge in [0.25, 0.3) is 0 Å². The maximum Gasteiger partial charge on any atom is 0.0908 e. The van der Waals surface area contributed by atoms with Crippen LogP contribution in [0.1, 0.15) is 120 Å². The van der Waals surface area contributed by atoms with E-state index >= 15 is 0 Å². The molecule has 170 valence electrons. The van der Waals surface area contributed by atoms with Crippen LogP contribution < -0.4 is 0 Å². The Balaban J connectivity index is 1.29. The molecule has 0 N–H and O–H groups in total. The number of benzene rings is 1. The Labute approximate surface area is 192 Å². The summed E-state index contributed by atoms with van der Waals surface area (Å²) in [4.78, 5) is 0. The Morgan fingerprint density at radius 3 is 1.97 bits per heavy atom. The zero-order valence-corrected chi connectivity index (χ0v) is 20.0. The zero-order valence-electron chi connectivity index (χ0n) is 20.0. The first-order valence-corrected chi connectivity index (χ1v) is 13.4. The maximum absolute atomic E-state index is 8.58. The summed E-state index contributed by atoms with van der Waals surface area (Å²) < 4.78 is 0. The van der Waals surface area contributed by atoms with Gasteiger partial charge >= 0.3 is 0 Å². The minimum Gasteiger partial charge on any atom is -0.193 e. The molecule has 1 heteroatoms. The fourth-order valence-electron chi connectivity index (χ4n) is 6.07. The van der Waals surface area contributed by atoms with Gasteiger partial charge in [-0.05, 0) is 86.2 Å². The van der Waals surface area contributed by atoms with Crippen molar-refractivity contribution in [2.45, 2.75) is 116 Å². The molecule has 1 aromatic rings. The van der Waals surface area contributed by atoms with E-state index in [4.69, 9.17) is 5.26 Å². The van der Waals surface area contributed by atoms with E-state index in [1.807, 2.05) is 6.08 Å². The Bertz CT molecular complexity index is 663. The molecule has 0 heterocycles. The van der Waals surface area contributed by atoms with E-state index < -0.39 is 0 Å². The summed E-state index contributed by atoms with van der Waals surface area (Å²) >= 11 is 0. The minimum atomic E-state index is 0.812. The predicted octanol–water partition coefficient (Wildman–Crippen LogP) is 9.14. The highest BCUT2D eigenvalue weighted by Crippen LogP contribution is 2.40. The highest BCUT2D eigenvalue weighted by atomic mass is 14.3. The molecule has 0 aliphatic heterocycles. The first-order valence-electron chi connectivity index (χ1n) is 13.4. The van der Waals surface area contributed by atoms with E-state index in [2.05, 4.69) is 37.3 Å². The number of hydrogen-bond acceptors (Lipinski definition) is 1. The van der Waals surface area contributed by atoms with E-state index in [-0.39, 0.29) is 0 Å². The van der Waals surface area contributed by atoms with Crippen LogP contribution in [0, 0.1) is 29.1 Å². The molecule has 2 saturated carbocycles. The number of aryl methyl sites for hydroxylation is 1. The normalized spacial score (nSPS) is 26.7. The topological polar surface area (TPSA) is 23.8 Å². The van der Waals surface area contributed by atoms with Crippen LogP contribution in [0.25, 0.3) is 0 Å². The van der Waals surface area contributed by atoms with Crippen molar-refractivity contribution in [2.24, 2.45) is 17.8 Å². The van der Waals surface area contributed by atoms with Crippen LogP contribution in [0.3, 0.4) is 0 Å². The molecule has 0 atom stereocenters. The summed E-state index contributed by atoms with van der Waals surface area (Å²) in [6.07, 6.45) is 25.7. The fraction of sp³-hybridized carbons (Fsp3) is 0.700. The van der Waals surface area contributed by atoms with E-state index in [0.717, 1.165) is 30.1 Å². The molecule has 31 heavy (non-hydrogen) atoms. The molecule has 0 unspecified atom stereocenters. The second-order valence-electron chi connectivity index (χ2n) is 10.5. The smallest absolute Gasteiger partial charge is 0.0908 e. The molecule has 2 aliphatic carbocycles. The second kappa shape index (κ2) is 13.8. The van der Waals surface area contributed by atoms with Gasteiger partial charge in [-0.25, -0.2) is 0 Å². The second-order valence-corrected chi connectivity index (χ2v) is 10.5. The van der Waals surface area contributed by atoms with Crippen LogP contribution in [0.15, 0.2) is 36.4 Å². The van der Waals surface area contributed by atoms with E-state index in [0.29, 0.717) is 0 Å². The molecule has 0 aromatic heterocycles. The summed E-state index contributed by atoms with van der Waals surface area (Å²) in [6.45, 7) is 2.28. The molecule has 2 aliphatic rings. The van der Waals surface area contributed by atoms with Gasteiger partial charge in [0.2, 0.25) is 0 Å². The van der Waals surface area contributed by atoms with E-state index in [9.17, 15) is 0 Å². The van der Waals surface area contributed by atoms with Crippen LogP contribution in [0.4, 0.5) is 0 Å². The molecule has 0 saturated heterocycles. The molecule has 0 spiro atoms. The van der Waals surface area contributed by atoms with E-state index in [1.165, 1.54) is 102 Å². The summed E-state index contributed by atoms with van der Waals surface area (Å²) in [5.74, 6) is 3.70. The van der Waals surface area contributed by atoms with Gasteiger partial charge < -0.3 is 0 Å². The molecule has 1 aromatic carbocycles. The molecular formula is C30H45N. The van der Waals surface area contributed by atoms with Crippen LogP contribution in [0.5, 0.6) is 0 Å². The molecule has 3 rings (SSSR count). The summed E-state index contributed by atoms with van der Waals surface area (Å²) in [7, 11) is 0. The lowest BCUT2D eigenvalue weighted by atomic mass is 9.74. The largest absolute Gasteiger partial charge is 0.193 e. The van der Waals surface area contributed by atoms with Gasteiger partial charge in [0.05, 0.1) is 6.07 Å². The third-order valence-electron chi connectivity index (χ3n) is 8.25. The highest BCUT2D eigenvalue weighted by Gasteiger charge is 2.25. The predicted molar refractivity (Wildman–Crippen MR) is 133 cm³/mol. The quantitative estimate of drug-likeness (QED) is 0.259. The number of hydrogen-bond donors (Lipinski definition) is 0. The SMILES string of the molecule is CCCCCc1ccc(C2CCC(CCC3CCC(CC/C=C/C#N)CC3)CC2)cc1. The van der Waals surface area contributed by atoms with Crippen LogP contribution in [0.2, 0.25) is 0 Å². The molecule has 0 amide bonds. The standard InChI is InChI=1S/C30H45N/c1-2-3-5-8-26-16-20-29(21-17-26)30-22-18-28(19-23-30)15-14-27-12-10-25(11-13-27)9-6-4-7-24-31/h4,7,16-17,20-21,25,27-28,30H,2-3,5-6,8-15,18-19,22-23H2,1H3/b7-4+. The van der Waals surface area contributed by atoms with Crippen molar-refractivity contribution in [3.05, 3.63) is 47.5 Å². The summed E-state index contributed by atoms with van der Waals surface area (Å²) in [5, 5.41) is 8.58. The number of unbranched alkanes of at least 4 members (excludes halogenated alkanes) is 2. The number of allylic oxidation sites excluding steroid dienone is 2. The fourth-order valence-corrected chi connectivity index (χ4v) is 6.07. The number of rotatable bonds is 11. The monoisotopic (exact) mass is 419 g/mol. The summed E-state index contributed by atoms with van der Waals surface area (Å²) in [6, 6.07) is 11.8. The van der Waals surface area contributed by atoms with Crippen LogP contribution >= 0.6 is 0 Å². The lowest BCUT2D eigenvalue weighted by Crippen LogP contribution is -2.17. The number of nitriles is 1. The van der Waals surface area contributed by atoms with Gasteiger partial charge in [-0.1, -0.05) is 88.6 Å². The average Bonchev–Trinajstić information content (AvgIpc) is 2.82. The van der Waals surface area contributed by atoms with Crippen molar-refractivity contribution in [1.82, 2.24) is 0 Å². The third kappa shape index (κ3) is 8.48. The number of nitrogens with zero attached hydrogens (tertiary/aromatic N) is 1.